The van der Waals surface area contributed by atoms with Crippen LogP contribution in [0.15, 0.2) is 0 Å². The van der Waals surface area contributed by atoms with Gasteiger partial charge >= 0.3 is 0 Å². The average Bonchev–Trinajstić information content (AvgIpc) is 3.22. The van der Waals surface area contributed by atoms with Crippen molar-refractivity contribution in [1.29, 1.82) is 0 Å². The number of carbonyl (C=O) groups is 1. The lowest BCUT2D eigenvalue weighted by atomic mass is 9.82. The highest BCUT2D eigenvalue weighted by Crippen LogP contribution is 2.59. The molecule has 3 fully saturated rings. The first-order valence-electron chi connectivity index (χ1n) is 8.74. The summed E-state index contributed by atoms with van der Waals surface area (Å²) < 4.78 is 5.42. The van der Waals surface area contributed by atoms with Crippen LogP contribution in [0.1, 0.15) is 57.8 Å². The van der Waals surface area contributed by atoms with Gasteiger partial charge in [0.2, 0.25) is 5.91 Å². The summed E-state index contributed by atoms with van der Waals surface area (Å²) in [4.78, 5) is 12.6. The predicted octanol–water partition coefficient (Wildman–Crippen LogP) is 2.25. The zero-order chi connectivity index (χ0) is 14.7. The highest BCUT2D eigenvalue weighted by molar-refractivity contribution is 5.82. The molecule has 0 bridgehead atoms. The minimum Gasteiger partial charge on any atom is -0.396 e. The normalized spacial score (nSPS) is 30.0. The molecular formula is C17H29NO3. The SMILES string of the molecule is O=C(NC(CCO)C1CCCCC1)C1CC12CCOCC2. The molecule has 4 heteroatoms. The topological polar surface area (TPSA) is 58.6 Å². The van der Waals surface area contributed by atoms with E-state index in [4.69, 9.17) is 4.74 Å². The summed E-state index contributed by atoms with van der Waals surface area (Å²) >= 11 is 0. The lowest BCUT2D eigenvalue weighted by molar-refractivity contribution is -0.125. The van der Waals surface area contributed by atoms with Crippen LogP contribution in [0.5, 0.6) is 0 Å². The molecule has 1 saturated heterocycles. The maximum absolute atomic E-state index is 12.6. The molecule has 0 aromatic carbocycles. The first kappa shape index (κ1) is 15.3. The Bertz CT molecular complexity index is 359. The molecule has 0 aromatic rings. The van der Waals surface area contributed by atoms with Crippen molar-refractivity contribution in [3.8, 4) is 0 Å². The Morgan fingerprint density at radius 2 is 1.95 bits per heavy atom. The molecule has 2 saturated carbocycles. The van der Waals surface area contributed by atoms with Crippen LogP contribution in [-0.2, 0) is 9.53 Å². The average molecular weight is 295 g/mol. The molecule has 1 spiro atoms. The first-order chi connectivity index (χ1) is 10.2. The largest absolute Gasteiger partial charge is 0.396 e. The minimum absolute atomic E-state index is 0.172. The Kier molecular flexibility index (Phi) is 4.85. The van der Waals surface area contributed by atoms with Crippen LogP contribution in [0.25, 0.3) is 0 Å². The summed E-state index contributed by atoms with van der Waals surface area (Å²) in [6.07, 6.45) is 10.1. The second-order valence-electron chi connectivity index (χ2n) is 7.26. The fourth-order valence-corrected chi connectivity index (χ4v) is 4.43. The number of aliphatic hydroxyl groups is 1. The monoisotopic (exact) mass is 295 g/mol. The minimum atomic E-state index is 0.172. The summed E-state index contributed by atoms with van der Waals surface area (Å²) in [6.45, 7) is 1.80. The Labute approximate surface area is 127 Å². The van der Waals surface area contributed by atoms with E-state index in [1.807, 2.05) is 0 Å². The van der Waals surface area contributed by atoms with Gasteiger partial charge in [-0.3, -0.25) is 4.79 Å². The Balaban J connectivity index is 1.54. The second kappa shape index (κ2) is 6.66. The molecule has 3 aliphatic rings. The van der Waals surface area contributed by atoms with Gasteiger partial charge in [-0.2, -0.15) is 0 Å². The standard InChI is InChI=1S/C17H29NO3/c19-9-6-15(13-4-2-1-3-5-13)18-16(20)14-12-17(14)7-10-21-11-8-17/h13-15,19H,1-12H2,(H,18,20). The summed E-state index contributed by atoms with van der Waals surface area (Å²) in [5.74, 6) is 1.01. The van der Waals surface area contributed by atoms with Gasteiger partial charge in [0, 0.05) is 31.8 Å². The number of ether oxygens (including phenoxy) is 1. The molecule has 2 unspecified atom stereocenters. The van der Waals surface area contributed by atoms with Crippen LogP contribution in [-0.4, -0.2) is 36.9 Å². The van der Waals surface area contributed by atoms with Gasteiger partial charge in [-0.1, -0.05) is 19.3 Å². The number of rotatable bonds is 5. The fourth-order valence-electron chi connectivity index (χ4n) is 4.43. The van der Waals surface area contributed by atoms with E-state index in [-0.39, 0.29) is 29.9 Å². The lowest BCUT2D eigenvalue weighted by Gasteiger charge is -2.31. The maximum Gasteiger partial charge on any atom is 0.223 e. The van der Waals surface area contributed by atoms with Crippen molar-refractivity contribution in [1.82, 2.24) is 5.32 Å². The second-order valence-corrected chi connectivity index (χ2v) is 7.26. The van der Waals surface area contributed by atoms with Gasteiger partial charge in [-0.05, 0) is 49.9 Å². The van der Waals surface area contributed by atoms with Gasteiger partial charge in [0.25, 0.3) is 0 Å². The van der Waals surface area contributed by atoms with Gasteiger partial charge < -0.3 is 15.2 Å². The number of nitrogens with one attached hydrogen (secondary N) is 1. The third-order valence-electron chi connectivity index (χ3n) is 5.98. The highest BCUT2D eigenvalue weighted by Gasteiger charge is 2.58. The van der Waals surface area contributed by atoms with E-state index in [9.17, 15) is 9.90 Å². The molecule has 21 heavy (non-hydrogen) atoms. The van der Waals surface area contributed by atoms with Crippen LogP contribution in [0, 0.1) is 17.3 Å². The first-order valence-corrected chi connectivity index (χ1v) is 8.74. The number of amides is 1. The molecule has 0 aromatic heterocycles. The third kappa shape index (κ3) is 3.42. The van der Waals surface area contributed by atoms with Gasteiger partial charge in [0.15, 0.2) is 0 Å². The summed E-state index contributed by atoms with van der Waals surface area (Å²) in [6, 6.07) is 0.181. The van der Waals surface area contributed by atoms with E-state index < -0.39 is 0 Å². The molecule has 1 amide bonds. The molecule has 0 radical (unpaired) electrons. The van der Waals surface area contributed by atoms with E-state index >= 15 is 0 Å². The zero-order valence-electron chi connectivity index (χ0n) is 13.0. The van der Waals surface area contributed by atoms with Gasteiger partial charge in [0.1, 0.15) is 0 Å². The number of aliphatic hydroxyl groups excluding tert-OH is 1. The van der Waals surface area contributed by atoms with Gasteiger partial charge in [-0.15, -0.1) is 0 Å². The predicted molar refractivity (Wildman–Crippen MR) is 80.8 cm³/mol. The van der Waals surface area contributed by atoms with Crippen molar-refractivity contribution >= 4 is 5.91 Å². The van der Waals surface area contributed by atoms with Crippen molar-refractivity contribution in [2.75, 3.05) is 19.8 Å². The molecular weight excluding hydrogens is 266 g/mol. The quantitative estimate of drug-likeness (QED) is 0.818. The van der Waals surface area contributed by atoms with Gasteiger partial charge in [0.05, 0.1) is 0 Å². The summed E-state index contributed by atoms with van der Waals surface area (Å²) in [5, 5.41) is 12.6. The third-order valence-corrected chi connectivity index (χ3v) is 5.98. The molecule has 4 nitrogen and oxygen atoms in total. The van der Waals surface area contributed by atoms with E-state index in [0.717, 1.165) is 32.5 Å². The van der Waals surface area contributed by atoms with Crippen molar-refractivity contribution < 1.29 is 14.6 Å². The maximum atomic E-state index is 12.6. The van der Waals surface area contributed by atoms with Crippen molar-refractivity contribution in [3.05, 3.63) is 0 Å². The van der Waals surface area contributed by atoms with Crippen molar-refractivity contribution in [3.63, 3.8) is 0 Å². The van der Waals surface area contributed by atoms with Crippen LogP contribution in [0.2, 0.25) is 0 Å². The molecule has 3 rings (SSSR count). The Morgan fingerprint density at radius 1 is 1.24 bits per heavy atom. The Morgan fingerprint density at radius 3 is 2.62 bits per heavy atom. The van der Waals surface area contributed by atoms with Gasteiger partial charge in [-0.25, -0.2) is 0 Å². The van der Waals surface area contributed by atoms with Crippen molar-refractivity contribution in [2.24, 2.45) is 17.3 Å². The van der Waals surface area contributed by atoms with E-state index in [2.05, 4.69) is 5.32 Å². The fraction of sp³-hybridized carbons (Fsp3) is 0.941. The molecule has 1 heterocycles. The van der Waals surface area contributed by atoms with Crippen LogP contribution in [0.3, 0.4) is 0 Å². The van der Waals surface area contributed by atoms with Crippen LogP contribution in [0.4, 0.5) is 0 Å². The van der Waals surface area contributed by atoms with Crippen LogP contribution >= 0.6 is 0 Å². The van der Waals surface area contributed by atoms with E-state index in [1.54, 1.807) is 0 Å². The molecule has 2 atom stereocenters. The number of hydrogen-bond acceptors (Lipinski definition) is 3. The lowest BCUT2D eigenvalue weighted by Crippen LogP contribution is -2.43. The van der Waals surface area contributed by atoms with Crippen LogP contribution < -0.4 is 5.32 Å². The van der Waals surface area contributed by atoms with E-state index in [1.165, 1.54) is 32.1 Å². The zero-order valence-corrected chi connectivity index (χ0v) is 13.0. The number of hydrogen-bond donors (Lipinski definition) is 2. The Hall–Kier alpha value is -0.610. The molecule has 120 valence electrons. The summed E-state index contributed by atoms with van der Waals surface area (Å²) in [5.41, 5.74) is 0.249. The number of carbonyl (C=O) groups excluding carboxylic acids is 1. The van der Waals surface area contributed by atoms with Crippen molar-refractivity contribution in [2.45, 2.75) is 63.8 Å². The molecule has 2 aliphatic carbocycles. The molecule has 2 N–H and O–H groups in total. The van der Waals surface area contributed by atoms with E-state index in [0.29, 0.717) is 12.3 Å². The molecule has 1 aliphatic heterocycles. The highest BCUT2D eigenvalue weighted by atomic mass is 16.5. The smallest absolute Gasteiger partial charge is 0.223 e. The summed E-state index contributed by atoms with van der Waals surface area (Å²) in [7, 11) is 0.